The number of esters is 1. The first-order valence-corrected chi connectivity index (χ1v) is 6.54. The summed E-state index contributed by atoms with van der Waals surface area (Å²) in [4.78, 5) is 22.5. The fourth-order valence-corrected chi connectivity index (χ4v) is 1.67. The number of aromatic nitrogens is 2. The normalized spacial score (nSPS) is 10.2. The van der Waals surface area contributed by atoms with Gasteiger partial charge in [-0.05, 0) is 32.3 Å². The van der Waals surface area contributed by atoms with Gasteiger partial charge in [0.1, 0.15) is 0 Å². The lowest BCUT2D eigenvalue weighted by Crippen LogP contribution is -2.25. The number of amides is 1. The summed E-state index contributed by atoms with van der Waals surface area (Å²) in [7, 11) is 0. The van der Waals surface area contributed by atoms with Crippen molar-refractivity contribution in [3.63, 3.8) is 0 Å². The molecule has 0 aliphatic rings. The molecular weight excluding hydrogens is 246 g/mol. The molecule has 1 aromatic heterocycles. The van der Waals surface area contributed by atoms with Crippen LogP contribution in [0.25, 0.3) is 0 Å². The van der Waals surface area contributed by atoms with E-state index in [1.165, 1.54) is 5.56 Å². The van der Waals surface area contributed by atoms with E-state index in [9.17, 15) is 9.59 Å². The molecule has 0 bridgehead atoms. The van der Waals surface area contributed by atoms with Crippen molar-refractivity contribution >= 4 is 11.9 Å². The van der Waals surface area contributed by atoms with Crippen molar-refractivity contribution in [2.45, 2.75) is 39.5 Å². The molecule has 0 aromatic carbocycles. The van der Waals surface area contributed by atoms with Gasteiger partial charge >= 0.3 is 5.97 Å². The molecule has 19 heavy (non-hydrogen) atoms. The van der Waals surface area contributed by atoms with Gasteiger partial charge in [-0.15, -0.1) is 0 Å². The highest BCUT2D eigenvalue weighted by Gasteiger charge is 2.07. The molecule has 0 aliphatic heterocycles. The summed E-state index contributed by atoms with van der Waals surface area (Å²) in [6, 6.07) is 0. The molecular formula is C13H21N3O3. The van der Waals surface area contributed by atoms with Crippen molar-refractivity contribution in [1.82, 2.24) is 15.5 Å². The van der Waals surface area contributed by atoms with Gasteiger partial charge in [-0.1, -0.05) is 0 Å². The van der Waals surface area contributed by atoms with Crippen molar-refractivity contribution < 1.29 is 14.3 Å². The van der Waals surface area contributed by atoms with E-state index in [0.29, 0.717) is 13.2 Å². The molecule has 106 valence electrons. The summed E-state index contributed by atoms with van der Waals surface area (Å²) in [5.41, 5.74) is 2.23. The fourth-order valence-electron chi connectivity index (χ4n) is 1.67. The summed E-state index contributed by atoms with van der Waals surface area (Å²) in [5, 5.41) is 9.60. The number of carbonyl (C=O) groups excluding carboxylic acids is 2. The Balaban J connectivity index is 2.07. The van der Waals surface area contributed by atoms with Crippen LogP contribution in [0.4, 0.5) is 0 Å². The number of nitrogens with zero attached hydrogens (tertiary/aromatic N) is 1. The topological polar surface area (TPSA) is 84.1 Å². The number of hydrogen-bond donors (Lipinski definition) is 2. The summed E-state index contributed by atoms with van der Waals surface area (Å²) < 4.78 is 4.75. The molecule has 0 saturated carbocycles. The van der Waals surface area contributed by atoms with Crippen LogP contribution in [0.1, 0.15) is 37.4 Å². The van der Waals surface area contributed by atoms with E-state index in [2.05, 4.69) is 15.5 Å². The number of aryl methyl sites for hydroxylation is 2. The molecule has 1 rings (SSSR count). The quantitative estimate of drug-likeness (QED) is 0.546. The maximum atomic E-state index is 11.4. The zero-order chi connectivity index (χ0) is 14.1. The van der Waals surface area contributed by atoms with Crippen molar-refractivity contribution in [2.75, 3.05) is 13.2 Å². The molecule has 0 atom stereocenters. The minimum absolute atomic E-state index is 0.114. The van der Waals surface area contributed by atoms with Crippen LogP contribution < -0.4 is 5.32 Å². The number of nitrogens with one attached hydrogen (secondary N) is 2. The number of hydrogen-bond acceptors (Lipinski definition) is 4. The van der Waals surface area contributed by atoms with E-state index in [4.69, 9.17) is 4.74 Å². The average Bonchev–Trinajstić information content (AvgIpc) is 2.78. The number of aromatic amines is 1. The SMILES string of the molecule is CCOC(=O)CCC(=O)NCCCc1cn[nH]c1C. The molecule has 0 aliphatic carbocycles. The minimum Gasteiger partial charge on any atom is -0.466 e. The molecule has 1 heterocycles. The van der Waals surface area contributed by atoms with Crippen LogP contribution >= 0.6 is 0 Å². The van der Waals surface area contributed by atoms with Crippen molar-refractivity contribution in [3.8, 4) is 0 Å². The standard InChI is InChI=1S/C13H21N3O3/c1-3-19-13(18)7-6-12(17)14-8-4-5-11-9-15-16-10(11)2/h9H,3-8H2,1-2H3,(H,14,17)(H,15,16). The first-order chi connectivity index (χ1) is 9.13. The monoisotopic (exact) mass is 267 g/mol. The van der Waals surface area contributed by atoms with Crippen molar-refractivity contribution in [3.05, 3.63) is 17.5 Å². The third-order valence-electron chi connectivity index (χ3n) is 2.74. The molecule has 0 spiro atoms. The molecule has 1 aromatic rings. The molecule has 2 N–H and O–H groups in total. The Kier molecular flexibility index (Phi) is 6.63. The van der Waals surface area contributed by atoms with Gasteiger partial charge in [0.25, 0.3) is 0 Å². The zero-order valence-electron chi connectivity index (χ0n) is 11.5. The second-order valence-electron chi connectivity index (χ2n) is 4.28. The highest BCUT2D eigenvalue weighted by Crippen LogP contribution is 2.05. The van der Waals surface area contributed by atoms with Gasteiger partial charge in [-0.2, -0.15) is 5.10 Å². The van der Waals surface area contributed by atoms with E-state index in [1.807, 2.05) is 6.92 Å². The van der Waals surface area contributed by atoms with Crippen LogP contribution in [-0.2, 0) is 20.7 Å². The molecule has 0 unspecified atom stereocenters. The molecule has 1 amide bonds. The van der Waals surface area contributed by atoms with E-state index < -0.39 is 0 Å². The van der Waals surface area contributed by atoms with Gasteiger partial charge in [0.15, 0.2) is 0 Å². The first kappa shape index (κ1) is 15.2. The van der Waals surface area contributed by atoms with Gasteiger partial charge < -0.3 is 10.1 Å². The number of carbonyl (C=O) groups is 2. The Hall–Kier alpha value is -1.85. The minimum atomic E-state index is -0.327. The highest BCUT2D eigenvalue weighted by atomic mass is 16.5. The zero-order valence-corrected chi connectivity index (χ0v) is 11.5. The Bertz CT molecular complexity index is 415. The predicted octanol–water partition coefficient (Wildman–Crippen LogP) is 1.11. The van der Waals surface area contributed by atoms with Crippen LogP contribution in [0.2, 0.25) is 0 Å². The fraction of sp³-hybridized carbons (Fsp3) is 0.615. The van der Waals surface area contributed by atoms with Crippen molar-refractivity contribution in [2.24, 2.45) is 0 Å². The lowest BCUT2D eigenvalue weighted by molar-refractivity contribution is -0.144. The van der Waals surface area contributed by atoms with Crippen LogP contribution in [0.15, 0.2) is 6.20 Å². The predicted molar refractivity (Wildman–Crippen MR) is 70.5 cm³/mol. The lowest BCUT2D eigenvalue weighted by Gasteiger charge is -2.05. The van der Waals surface area contributed by atoms with Gasteiger partial charge in [-0.25, -0.2) is 0 Å². The van der Waals surface area contributed by atoms with E-state index >= 15 is 0 Å². The highest BCUT2D eigenvalue weighted by molar-refractivity contribution is 5.81. The number of ether oxygens (including phenoxy) is 1. The second-order valence-corrected chi connectivity index (χ2v) is 4.28. The lowest BCUT2D eigenvalue weighted by atomic mass is 10.1. The molecule has 6 nitrogen and oxygen atoms in total. The van der Waals surface area contributed by atoms with Crippen molar-refractivity contribution in [1.29, 1.82) is 0 Å². The number of H-pyrrole nitrogens is 1. The third-order valence-corrected chi connectivity index (χ3v) is 2.74. The smallest absolute Gasteiger partial charge is 0.306 e. The third kappa shape index (κ3) is 6.03. The molecule has 6 heteroatoms. The summed E-state index contributed by atoms with van der Waals surface area (Å²) in [6.07, 6.45) is 3.86. The maximum Gasteiger partial charge on any atom is 0.306 e. The van der Waals surface area contributed by atoms with Crippen LogP contribution in [-0.4, -0.2) is 35.2 Å². The average molecular weight is 267 g/mol. The van der Waals surface area contributed by atoms with Gasteiger partial charge in [-0.3, -0.25) is 14.7 Å². The summed E-state index contributed by atoms with van der Waals surface area (Å²) in [6.45, 7) is 4.67. The Morgan fingerprint density at radius 1 is 1.42 bits per heavy atom. The van der Waals surface area contributed by atoms with Crippen LogP contribution in [0, 0.1) is 6.92 Å². The van der Waals surface area contributed by atoms with Gasteiger partial charge in [0.05, 0.1) is 19.2 Å². The Labute approximate surface area is 112 Å². The second kappa shape index (κ2) is 8.29. The Morgan fingerprint density at radius 3 is 2.84 bits per heavy atom. The number of rotatable bonds is 8. The van der Waals surface area contributed by atoms with E-state index in [-0.39, 0.29) is 24.7 Å². The molecule has 0 saturated heterocycles. The molecule has 0 fully saturated rings. The molecule has 0 radical (unpaired) electrons. The van der Waals surface area contributed by atoms with Crippen LogP contribution in [0.3, 0.4) is 0 Å². The largest absolute Gasteiger partial charge is 0.466 e. The summed E-state index contributed by atoms with van der Waals surface area (Å²) in [5.74, 6) is -0.441. The van der Waals surface area contributed by atoms with Gasteiger partial charge in [0.2, 0.25) is 5.91 Å². The first-order valence-electron chi connectivity index (χ1n) is 6.54. The summed E-state index contributed by atoms with van der Waals surface area (Å²) >= 11 is 0. The maximum absolute atomic E-state index is 11.4. The Morgan fingerprint density at radius 2 is 2.21 bits per heavy atom. The van der Waals surface area contributed by atoms with E-state index in [0.717, 1.165) is 18.5 Å². The van der Waals surface area contributed by atoms with Gasteiger partial charge in [0, 0.05) is 18.7 Å². The van der Waals surface area contributed by atoms with E-state index in [1.54, 1.807) is 13.1 Å². The van der Waals surface area contributed by atoms with Crippen LogP contribution in [0.5, 0.6) is 0 Å².